The molecule has 0 aliphatic carbocycles. The minimum atomic E-state index is -0.129. The van der Waals surface area contributed by atoms with Crippen molar-refractivity contribution in [2.45, 2.75) is 25.4 Å². The van der Waals surface area contributed by atoms with Gasteiger partial charge >= 0.3 is 0 Å². The van der Waals surface area contributed by atoms with Crippen LogP contribution in [-0.4, -0.2) is 43.6 Å². The monoisotopic (exact) mass is 356 g/mol. The maximum atomic E-state index is 12.5. The molecule has 126 valence electrons. The first kappa shape index (κ1) is 17.0. The molecule has 23 heavy (non-hydrogen) atoms. The number of rotatable bonds is 4. The molecule has 0 radical (unpaired) electrons. The van der Waals surface area contributed by atoms with Crippen molar-refractivity contribution in [2.24, 2.45) is 5.92 Å². The van der Waals surface area contributed by atoms with E-state index in [9.17, 15) is 4.79 Å². The van der Waals surface area contributed by atoms with Gasteiger partial charge in [0.2, 0.25) is 5.91 Å². The lowest BCUT2D eigenvalue weighted by Crippen LogP contribution is -2.42. The third-order valence-corrected chi connectivity index (χ3v) is 5.40. The lowest BCUT2D eigenvalue weighted by Gasteiger charge is -2.33. The molecule has 2 aliphatic heterocycles. The summed E-state index contributed by atoms with van der Waals surface area (Å²) in [5.41, 5.74) is 0.969. The molecule has 2 fully saturated rings. The molecule has 2 atom stereocenters. The average Bonchev–Trinajstić information content (AvgIpc) is 3.09. The number of morpholine rings is 1. The first-order chi connectivity index (χ1) is 11.1. The Hall–Kier alpha value is -0.810. The summed E-state index contributed by atoms with van der Waals surface area (Å²) in [5.74, 6) is 0.871. The van der Waals surface area contributed by atoms with Gasteiger partial charge in [0.1, 0.15) is 6.10 Å². The van der Waals surface area contributed by atoms with Gasteiger partial charge in [0.25, 0.3) is 0 Å². The molecule has 0 bridgehead atoms. The highest BCUT2D eigenvalue weighted by Gasteiger charge is 2.26. The van der Waals surface area contributed by atoms with Gasteiger partial charge in [-0.05, 0) is 49.5 Å². The number of nitrogens with zero attached hydrogens (tertiary/aromatic N) is 1. The van der Waals surface area contributed by atoms with E-state index in [-0.39, 0.29) is 12.0 Å². The van der Waals surface area contributed by atoms with Crippen molar-refractivity contribution in [3.8, 4) is 0 Å². The van der Waals surface area contributed by atoms with Crippen LogP contribution in [0.25, 0.3) is 0 Å². The molecule has 1 N–H and O–H groups in total. The Morgan fingerprint density at radius 1 is 1.35 bits per heavy atom. The summed E-state index contributed by atoms with van der Waals surface area (Å²) in [4.78, 5) is 14.4. The van der Waals surface area contributed by atoms with Crippen LogP contribution in [0.5, 0.6) is 0 Å². The minimum absolute atomic E-state index is 0.129. The van der Waals surface area contributed by atoms with Gasteiger partial charge in [-0.1, -0.05) is 29.3 Å². The fraction of sp³-hybridized carbons (Fsp3) is 0.588. The number of hydrogen-bond acceptors (Lipinski definition) is 3. The van der Waals surface area contributed by atoms with Gasteiger partial charge < -0.3 is 15.0 Å². The van der Waals surface area contributed by atoms with Crippen LogP contribution in [0.4, 0.5) is 0 Å². The number of carbonyl (C=O) groups is 1. The number of amides is 1. The van der Waals surface area contributed by atoms with Crippen LogP contribution < -0.4 is 5.32 Å². The van der Waals surface area contributed by atoms with Crippen molar-refractivity contribution >= 4 is 29.1 Å². The summed E-state index contributed by atoms with van der Waals surface area (Å²) >= 11 is 12.0. The van der Waals surface area contributed by atoms with E-state index in [4.69, 9.17) is 27.9 Å². The van der Waals surface area contributed by atoms with Crippen LogP contribution in [0, 0.1) is 5.92 Å². The number of halogens is 2. The standard InChI is InChI=1S/C17H22Cl2N2O2/c18-14-3-2-13(9-15(14)19)16-11-21(7-8-23-16)17(22)4-1-12-5-6-20-10-12/h2-3,9,12,16,20H,1,4-8,10-11H2. The fourth-order valence-electron chi connectivity index (χ4n) is 3.24. The van der Waals surface area contributed by atoms with Gasteiger partial charge in [-0.2, -0.15) is 0 Å². The van der Waals surface area contributed by atoms with Crippen molar-refractivity contribution in [1.82, 2.24) is 10.2 Å². The van der Waals surface area contributed by atoms with Crippen LogP contribution in [0.15, 0.2) is 18.2 Å². The topological polar surface area (TPSA) is 41.6 Å². The first-order valence-corrected chi connectivity index (χ1v) is 8.94. The molecule has 4 nitrogen and oxygen atoms in total. The zero-order valence-electron chi connectivity index (χ0n) is 13.1. The van der Waals surface area contributed by atoms with Crippen LogP contribution in [0.1, 0.15) is 30.9 Å². The zero-order valence-corrected chi connectivity index (χ0v) is 14.6. The maximum Gasteiger partial charge on any atom is 0.222 e. The molecule has 1 aromatic carbocycles. The average molecular weight is 357 g/mol. The molecular formula is C17H22Cl2N2O2. The lowest BCUT2D eigenvalue weighted by atomic mass is 10.0. The maximum absolute atomic E-state index is 12.5. The summed E-state index contributed by atoms with van der Waals surface area (Å²) in [6, 6.07) is 5.51. The molecule has 3 rings (SSSR count). The van der Waals surface area contributed by atoms with Crippen molar-refractivity contribution in [2.75, 3.05) is 32.8 Å². The van der Waals surface area contributed by atoms with Crippen molar-refractivity contribution in [3.05, 3.63) is 33.8 Å². The third-order valence-electron chi connectivity index (χ3n) is 4.66. The Labute approximate surface area is 147 Å². The molecule has 6 heteroatoms. The molecule has 2 aliphatic rings. The SMILES string of the molecule is O=C(CCC1CCNC1)N1CCOC(c2ccc(Cl)c(Cl)c2)C1. The Kier molecular flexibility index (Phi) is 5.81. The Balaban J connectivity index is 1.56. The second-order valence-corrected chi connectivity index (χ2v) is 7.08. The molecule has 0 saturated carbocycles. The van der Waals surface area contributed by atoms with Crippen molar-refractivity contribution < 1.29 is 9.53 Å². The van der Waals surface area contributed by atoms with E-state index < -0.39 is 0 Å². The highest BCUT2D eigenvalue weighted by atomic mass is 35.5. The lowest BCUT2D eigenvalue weighted by molar-refractivity contribution is -0.139. The van der Waals surface area contributed by atoms with E-state index >= 15 is 0 Å². The molecule has 2 unspecified atom stereocenters. The predicted molar refractivity (Wildman–Crippen MR) is 91.9 cm³/mol. The third kappa shape index (κ3) is 4.38. The Morgan fingerprint density at radius 3 is 2.96 bits per heavy atom. The summed E-state index contributed by atoms with van der Waals surface area (Å²) in [6.07, 6.45) is 2.65. The number of hydrogen-bond donors (Lipinski definition) is 1. The molecule has 0 aromatic heterocycles. The van der Waals surface area contributed by atoms with Gasteiger partial charge in [-0.3, -0.25) is 4.79 Å². The highest BCUT2D eigenvalue weighted by Crippen LogP contribution is 2.29. The van der Waals surface area contributed by atoms with Crippen molar-refractivity contribution in [1.29, 1.82) is 0 Å². The van der Waals surface area contributed by atoms with E-state index in [2.05, 4.69) is 5.32 Å². The Bertz CT molecular complexity index is 562. The number of benzene rings is 1. The van der Waals surface area contributed by atoms with E-state index in [0.717, 1.165) is 25.1 Å². The highest BCUT2D eigenvalue weighted by molar-refractivity contribution is 6.42. The second-order valence-electron chi connectivity index (χ2n) is 6.27. The van der Waals surface area contributed by atoms with Crippen LogP contribution >= 0.6 is 23.2 Å². The van der Waals surface area contributed by atoms with Gasteiger partial charge in [0, 0.05) is 13.0 Å². The van der Waals surface area contributed by atoms with E-state index in [1.165, 1.54) is 6.42 Å². The van der Waals surface area contributed by atoms with Gasteiger partial charge in [0.05, 0.1) is 23.2 Å². The number of ether oxygens (including phenoxy) is 1. The molecule has 1 amide bonds. The summed E-state index contributed by atoms with van der Waals surface area (Å²) in [7, 11) is 0. The molecule has 0 spiro atoms. The predicted octanol–water partition coefficient (Wildman–Crippen LogP) is 3.28. The quantitative estimate of drug-likeness (QED) is 0.899. The van der Waals surface area contributed by atoms with E-state index in [0.29, 0.717) is 42.1 Å². The molecule has 1 aromatic rings. The summed E-state index contributed by atoms with van der Waals surface area (Å²) < 4.78 is 5.81. The van der Waals surface area contributed by atoms with E-state index in [1.54, 1.807) is 6.07 Å². The molecule has 2 saturated heterocycles. The summed E-state index contributed by atoms with van der Waals surface area (Å²) in [5, 5.41) is 4.40. The smallest absolute Gasteiger partial charge is 0.222 e. The second kappa shape index (κ2) is 7.84. The first-order valence-electron chi connectivity index (χ1n) is 8.18. The van der Waals surface area contributed by atoms with Crippen molar-refractivity contribution in [3.63, 3.8) is 0 Å². The van der Waals surface area contributed by atoms with Gasteiger partial charge in [-0.25, -0.2) is 0 Å². The minimum Gasteiger partial charge on any atom is -0.370 e. The largest absolute Gasteiger partial charge is 0.370 e. The van der Waals surface area contributed by atoms with Gasteiger partial charge in [0.15, 0.2) is 0 Å². The van der Waals surface area contributed by atoms with Crippen LogP contribution in [0.2, 0.25) is 10.0 Å². The Morgan fingerprint density at radius 2 is 2.22 bits per heavy atom. The van der Waals surface area contributed by atoms with E-state index in [1.807, 2.05) is 17.0 Å². The number of carbonyl (C=O) groups excluding carboxylic acids is 1. The molecular weight excluding hydrogens is 335 g/mol. The molecule has 2 heterocycles. The van der Waals surface area contributed by atoms with Crippen LogP contribution in [-0.2, 0) is 9.53 Å². The number of nitrogens with one attached hydrogen (secondary N) is 1. The fourth-order valence-corrected chi connectivity index (χ4v) is 3.54. The van der Waals surface area contributed by atoms with Gasteiger partial charge in [-0.15, -0.1) is 0 Å². The normalized spacial score (nSPS) is 24.9. The van der Waals surface area contributed by atoms with Crippen LogP contribution in [0.3, 0.4) is 0 Å². The summed E-state index contributed by atoms with van der Waals surface area (Å²) in [6.45, 7) is 3.93. The zero-order chi connectivity index (χ0) is 16.2.